The molecule has 0 fully saturated rings. The van der Waals surface area contributed by atoms with E-state index in [1.165, 1.54) is 18.3 Å². The number of para-hydroxylation sites is 1. The Hall–Kier alpha value is -3.65. The Morgan fingerprint density at radius 3 is 2.33 bits per heavy atom. The van der Waals surface area contributed by atoms with E-state index in [4.69, 9.17) is 4.98 Å². The number of anilines is 3. The van der Waals surface area contributed by atoms with Gasteiger partial charge in [-0.3, -0.25) is 14.2 Å². The molecule has 0 aliphatic rings. The van der Waals surface area contributed by atoms with E-state index in [-0.39, 0.29) is 11.8 Å². The molecular formula is C22H21N5O2S. The fourth-order valence-corrected chi connectivity index (χ4v) is 4.16. The minimum Gasteiger partial charge on any atom is -0.348 e. The number of aromatic nitrogens is 2. The first-order valence-electron chi connectivity index (χ1n) is 9.36. The van der Waals surface area contributed by atoms with Crippen molar-refractivity contribution < 1.29 is 9.59 Å². The van der Waals surface area contributed by atoms with Crippen molar-refractivity contribution in [3.63, 3.8) is 0 Å². The molecular weight excluding hydrogens is 398 g/mol. The summed E-state index contributed by atoms with van der Waals surface area (Å²) in [4.78, 5) is 32.2. The number of fused-ring (bicyclic) bond motifs is 1. The number of carbonyl (C=O) groups is 2. The van der Waals surface area contributed by atoms with Crippen LogP contribution in [0.25, 0.3) is 16.0 Å². The Balaban J connectivity index is 1.67. The van der Waals surface area contributed by atoms with Crippen molar-refractivity contribution in [2.24, 2.45) is 0 Å². The Morgan fingerprint density at radius 2 is 1.67 bits per heavy atom. The predicted octanol–water partition coefficient (Wildman–Crippen LogP) is 4.36. The number of benzene rings is 2. The molecule has 0 unspecified atom stereocenters. The van der Waals surface area contributed by atoms with Crippen LogP contribution >= 0.6 is 11.3 Å². The van der Waals surface area contributed by atoms with Crippen molar-refractivity contribution in [1.82, 2.24) is 9.55 Å². The molecule has 2 heterocycles. The molecule has 8 heteroatoms. The zero-order chi connectivity index (χ0) is 21.3. The summed E-state index contributed by atoms with van der Waals surface area (Å²) in [5.41, 5.74) is 2.99. The Bertz CT molecular complexity index is 1230. The molecule has 4 aromatic rings. The molecule has 30 heavy (non-hydrogen) atoms. The van der Waals surface area contributed by atoms with Gasteiger partial charge in [0.25, 0.3) is 5.91 Å². The smallest absolute Gasteiger partial charge is 0.265 e. The van der Waals surface area contributed by atoms with E-state index < -0.39 is 0 Å². The summed E-state index contributed by atoms with van der Waals surface area (Å²) in [7, 11) is 3.89. The highest BCUT2D eigenvalue weighted by molar-refractivity contribution is 7.20. The third-order valence-corrected chi connectivity index (χ3v) is 5.50. The number of amides is 2. The summed E-state index contributed by atoms with van der Waals surface area (Å²) in [5, 5.41) is 5.60. The number of rotatable bonds is 5. The van der Waals surface area contributed by atoms with Gasteiger partial charge in [-0.1, -0.05) is 24.3 Å². The van der Waals surface area contributed by atoms with Crippen LogP contribution in [0, 0.1) is 0 Å². The van der Waals surface area contributed by atoms with Crippen molar-refractivity contribution in [2.45, 2.75) is 6.92 Å². The highest BCUT2D eigenvalue weighted by Crippen LogP contribution is 2.33. The van der Waals surface area contributed by atoms with Gasteiger partial charge in [0.05, 0.1) is 4.88 Å². The van der Waals surface area contributed by atoms with Crippen molar-refractivity contribution >= 4 is 50.8 Å². The summed E-state index contributed by atoms with van der Waals surface area (Å²) in [5.74, 6) is 0.421. The molecule has 2 N–H and O–H groups in total. The van der Waals surface area contributed by atoms with Crippen molar-refractivity contribution in [2.75, 3.05) is 29.6 Å². The molecule has 4 rings (SSSR count). The fourth-order valence-electron chi connectivity index (χ4n) is 3.15. The van der Waals surface area contributed by atoms with E-state index in [1.807, 2.05) is 53.9 Å². The van der Waals surface area contributed by atoms with Crippen molar-refractivity contribution in [1.29, 1.82) is 0 Å². The summed E-state index contributed by atoms with van der Waals surface area (Å²) in [6, 6.07) is 18.8. The van der Waals surface area contributed by atoms with E-state index in [2.05, 4.69) is 10.6 Å². The Kier molecular flexibility index (Phi) is 5.24. The van der Waals surface area contributed by atoms with Gasteiger partial charge in [-0.25, -0.2) is 4.98 Å². The molecule has 0 aliphatic heterocycles. The maximum Gasteiger partial charge on any atom is 0.265 e. The molecule has 0 atom stereocenters. The van der Waals surface area contributed by atoms with E-state index in [9.17, 15) is 9.59 Å². The van der Waals surface area contributed by atoms with E-state index in [0.29, 0.717) is 16.3 Å². The van der Waals surface area contributed by atoms with Crippen LogP contribution in [0.15, 0.2) is 60.7 Å². The normalized spacial score (nSPS) is 10.8. The number of hydrogen-bond acceptors (Lipinski definition) is 5. The number of hydrogen-bond donors (Lipinski definition) is 2. The van der Waals surface area contributed by atoms with Gasteiger partial charge in [0, 0.05) is 38.1 Å². The molecule has 152 valence electrons. The first-order valence-corrected chi connectivity index (χ1v) is 10.2. The number of imidazole rings is 1. The Morgan fingerprint density at radius 1 is 0.967 bits per heavy atom. The van der Waals surface area contributed by atoms with Gasteiger partial charge in [0.15, 0.2) is 0 Å². The second-order valence-electron chi connectivity index (χ2n) is 6.99. The lowest BCUT2D eigenvalue weighted by Gasteiger charge is -2.14. The molecule has 0 radical (unpaired) electrons. The van der Waals surface area contributed by atoms with Crippen LogP contribution in [0.1, 0.15) is 16.6 Å². The van der Waals surface area contributed by atoms with Gasteiger partial charge in [-0.2, -0.15) is 0 Å². The number of nitrogens with one attached hydrogen (secondary N) is 2. The lowest BCUT2D eigenvalue weighted by molar-refractivity contribution is -0.114. The number of nitrogens with zero attached hydrogens (tertiary/aromatic N) is 3. The van der Waals surface area contributed by atoms with Gasteiger partial charge >= 0.3 is 0 Å². The summed E-state index contributed by atoms with van der Waals surface area (Å²) < 4.78 is 2.05. The molecule has 7 nitrogen and oxygen atoms in total. The second-order valence-corrected chi connectivity index (χ2v) is 8.02. The minimum atomic E-state index is -0.219. The number of carbonyl (C=O) groups excluding carboxylic acids is 2. The first kappa shape index (κ1) is 19.7. The minimum absolute atomic E-state index is 0.163. The maximum absolute atomic E-state index is 12.8. The zero-order valence-corrected chi connectivity index (χ0v) is 17.7. The lowest BCUT2D eigenvalue weighted by Crippen LogP contribution is -2.14. The van der Waals surface area contributed by atoms with Crippen LogP contribution in [0.3, 0.4) is 0 Å². The standard InChI is InChI=1S/C22H21N5O2S/c1-14(28)23-15-8-7-9-16(12-15)24-20(29)19-13-18-21(30-19)27(22(25-18)26(2)3)17-10-5-4-6-11-17/h4-13H,1-3H3,(H,23,28)(H,24,29). The van der Waals surface area contributed by atoms with Crippen LogP contribution in [0.4, 0.5) is 17.3 Å². The van der Waals surface area contributed by atoms with Crippen molar-refractivity contribution in [3.8, 4) is 5.69 Å². The molecule has 0 aliphatic carbocycles. The summed E-state index contributed by atoms with van der Waals surface area (Å²) in [6.07, 6.45) is 0. The van der Waals surface area contributed by atoms with Gasteiger partial charge in [0.2, 0.25) is 11.9 Å². The fraction of sp³-hybridized carbons (Fsp3) is 0.136. The van der Waals surface area contributed by atoms with Crippen LogP contribution in [-0.4, -0.2) is 35.5 Å². The topological polar surface area (TPSA) is 79.3 Å². The quantitative estimate of drug-likeness (QED) is 0.504. The highest BCUT2D eigenvalue weighted by atomic mass is 32.1. The summed E-state index contributed by atoms with van der Waals surface area (Å²) in [6.45, 7) is 1.44. The van der Waals surface area contributed by atoms with E-state index >= 15 is 0 Å². The van der Waals surface area contributed by atoms with Crippen LogP contribution < -0.4 is 15.5 Å². The van der Waals surface area contributed by atoms with E-state index in [0.717, 1.165) is 22.0 Å². The van der Waals surface area contributed by atoms with Crippen LogP contribution in [0.5, 0.6) is 0 Å². The molecule has 0 bridgehead atoms. The second kappa shape index (κ2) is 8.00. The predicted molar refractivity (Wildman–Crippen MR) is 122 cm³/mol. The van der Waals surface area contributed by atoms with Crippen molar-refractivity contribution in [3.05, 3.63) is 65.5 Å². The van der Waals surface area contributed by atoms with Gasteiger partial charge in [-0.05, 0) is 36.4 Å². The third-order valence-electron chi connectivity index (χ3n) is 4.40. The Labute approximate surface area is 178 Å². The monoisotopic (exact) mass is 419 g/mol. The SMILES string of the molecule is CC(=O)Nc1cccc(NC(=O)c2cc3nc(N(C)C)n(-c4ccccc4)c3s2)c1. The molecule has 2 aromatic heterocycles. The molecule has 0 saturated carbocycles. The van der Waals surface area contributed by atoms with E-state index in [1.54, 1.807) is 30.3 Å². The maximum atomic E-state index is 12.8. The average Bonchev–Trinajstić information content (AvgIpc) is 3.26. The summed E-state index contributed by atoms with van der Waals surface area (Å²) >= 11 is 1.39. The van der Waals surface area contributed by atoms with Crippen LogP contribution in [-0.2, 0) is 4.79 Å². The molecule has 2 aromatic carbocycles. The van der Waals surface area contributed by atoms with Gasteiger partial charge in [0.1, 0.15) is 10.3 Å². The largest absolute Gasteiger partial charge is 0.348 e. The number of thiophene rings is 1. The third kappa shape index (κ3) is 3.90. The van der Waals surface area contributed by atoms with Gasteiger partial charge < -0.3 is 15.5 Å². The molecule has 2 amide bonds. The zero-order valence-electron chi connectivity index (χ0n) is 16.8. The van der Waals surface area contributed by atoms with Gasteiger partial charge in [-0.15, -0.1) is 11.3 Å². The average molecular weight is 420 g/mol. The van der Waals surface area contributed by atoms with Crippen LogP contribution in [0.2, 0.25) is 0 Å². The lowest BCUT2D eigenvalue weighted by atomic mass is 10.2. The first-order chi connectivity index (χ1) is 14.4. The highest BCUT2D eigenvalue weighted by Gasteiger charge is 2.20. The molecule has 0 spiro atoms. The molecule has 0 saturated heterocycles.